The zero-order valence-electron chi connectivity index (χ0n) is 20.8. The van der Waals surface area contributed by atoms with E-state index in [2.05, 4.69) is 65.2 Å². The van der Waals surface area contributed by atoms with Crippen LogP contribution in [0.15, 0.2) is 91.0 Å². The van der Waals surface area contributed by atoms with Crippen LogP contribution in [0.2, 0.25) is 0 Å². The van der Waals surface area contributed by atoms with Gasteiger partial charge in [-0.25, -0.2) is 4.98 Å². The fourth-order valence-corrected chi connectivity index (χ4v) is 4.64. The molecule has 0 saturated carbocycles. The van der Waals surface area contributed by atoms with Gasteiger partial charge in [-0.1, -0.05) is 91.0 Å². The molecule has 2 heterocycles. The second-order valence-electron chi connectivity index (χ2n) is 8.70. The van der Waals surface area contributed by atoms with Crippen molar-refractivity contribution in [1.29, 1.82) is 0 Å². The molecule has 6 heteroatoms. The van der Waals surface area contributed by atoms with Crippen LogP contribution in [-0.4, -0.2) is 41.8 Å². The van der Waals surface area contributed by atoms with E-state index in [0.29, 0.717) is 19.8 Å². The minimum Gasteiger partial charge on any atom is -0.346 e. The molecule has 0 N–H and O–H groups in total. The van der Waals surface area contributed by atoms with Crippen molar-refractivity contribution in [2.45, 2.75) is 32.5 Å². The topological polar surface area (TPSA) is 54.7 Å². The SMILES string of the molecule is CCOC1(OCC)COC(c2nc(-c3ccccc3)c(-c3ccccc3)n2Cc2ccccc2)OC1. The van der Waals surface area contributed by atoms with Gasteiger partial charge >= 0.3 is 0 Å². The van der Waals surface area contributed by atoms with Crippen molar-refractivity contribution in [2.24, 2.45) is 0 Å². The first kappa shape index (κ1) is 24.4. The van der Waals surface area contributed by atoms with Gasteiger partial charge in [-0.3, -0.25) is 0 Å². The van der Waals surface area contributed by atoms with Crippen LogP contribution in [0, 0.1) is 0 Å². The van der Waals surface area contributed by atoms with Crippen molar-refractivity contribution >= 4 is 0 Å². The van der Waals surface area contributed by atoms with Gasteiger partial charge in [0, 0.05) is 30.9 Å². The number of benzene rings is 3. The van der Waals surface area contributed by atoms with Crippen molar-refractivity contribution < 1.29 is 18.9 Å². The highest BCUT2D eigenvalue weighted by molar-refractivity contribution is 5.79. The van der Waals surface area contributed by atoms with Gasteiger partial charge in [-0.15, -0.1) is 0 Å². The van der Waals surface area contributed by atoms with Crippen molar-refractivity contribution in [2.75, 3.05) is 26.4 Å². The zero-order chi connectivity index (χ0) is 24.8. The summed E-state index contributed by atoms with van der Waals surface area (Å²) in [5, 5.41) is 0. The number of nitrogens with zero attached hydrogens (tertiary/aromatic N) is 2. The van der Waals surface area contributed by atoms with Gasteiger partial charge in [0.05, 0.1) is 11.4 Å². The molecular formula is C30H32N2O4. The van der Waals surface area contributed by atoms with E-state index in [-0.39, 0.29) is 13.2 Å². The molecule has 0 bridgehead atoms. The van der Waals surface area contributed by atoms with Gasteiger partial charge in [0.1, 0.15) is 13.2 Å². The predicted octanol–water partition coefficient (Wildman–Crippen LogP) is 6.08. The van der Waals surface area contributed by atoms with Gasteiger partial charge < -0.3 is 23.5 Å². The molecule has 1 saturated heterocycles. The van der Waals surface area contributed by atoms with E-state index in [1.54, 1.807) is 0 Å². The van der Waals surface area contributed by atoms with Crippen LogP contribution in [0.5, 0.6) is 0 Å². The molecule has 0 radical (unpaired) electrons. The molecule has 36 heavy (non-hydrogen) atoms. The minimum atomic E-state index is -0.901. The Balaban J connectivity index is 1.61. The Bertz CT molecular complexity index is 1230. The number of hydrogen-bond acceptors (Lipinski definition) is 5. The van der Waals surface area contributed by atoms with E-state index in [1.807, 2.05) is 44.2 Å². The summed E-state index contributed by atoms with van der Waals surface area (Å²) in [5.74, 6) is -0.181. The fourth-order valence-electron chi connectivity index (χ4n) is 4.64. The van der Waals surface area contributed by atoms with E-state index in [4.69, 9.17) is 23.9 Å². The van der Waals surface area contributed by atoms with Crippen LogP contribution in [0.1, 0.15) is 31.5 Å². The highest BCUT2D eigenvalue weighted by atomic mass is 16.8. The summed E-state index contributed by atoms with van der Waals surface area (Å²) in [7, 11) is 0. The first-order valence-electron chi connectivity index (χ1n) is 12.5. The van der Waals surface area contributed by atoms with E-state index in [0.717, 1.165) is 28.3 Å². The number of hydrogen-bond donors (Lipinski definition) is 0. The highest BCUT2D eigenvalue weighted by Crippen LogP contribution is 2.38. The van der Waals surface area contributed by atoms with E-state index in [1.165, 1.54) is 5.56 Å². The predicted molar refractivity (Wildman–Crippen MR) is 139 cm³/mol. The van der Waals surface area contributed by atoms with Crippen LogP contribution in [0.3, 0.4) is 0 Å². The van der Waals surface area contributed by atoms with E-state index < -0.39 is 12.1 Å². The molecule has 5 rings (SSSR count). The van der Waals surface area contributed by atoms with Crippen LogP contribution in [-0.2, 0) is 25.5 Å². The van der Waals surface area contributed by atoms with Gasteiger partial charge in [-0.05, 0) is 19.4 Å². The lowest BCUT2D eigenvalue weighted by Crippen LogP contribution is -2.50. The molecule has 0 unspecified atom stereocenters. The molecule has 3 aromatic carbocycles. The summed E-state index contributed by atoms with van der Waals surface area (Å²) >= 11 is 0. The third-order valence-electron chi connectivity index (χ3n) is 6.21. The molecule has 186 valence electrons. The van der Waals surface area contributed by atoms with Crippen molar-refractivity contribution in [1.82, 2.24) is 9.55 Å². The Morgan fingerprint density at radius 1 is 0.778 bits per heavy atom. The summed E-state index contributed by atoms with van der Waals surface area (Å²) in [6.07, 6.45) is -0.650. The monoisotopic (exact) mass is 484 g/mol. The van der Waals surface area contributed by atoms with Crippen LogP contribution in [0.25, 0.3) is 22.5 Å². The normalized spacial score (nSPS) is 15.7. The Hall–Kier alpha value is -3.29. The third kappa shape index (κ3) is 5.13. The molecule has 6 nitrogen and oxygen atoms in total. The van der Waals surface area contributed by atoms with Crippen LogP contribution in [0.4, 0.5) is 0 Å². The number of rotatable bonds is 9. The Morgan fingerprint density at radius 2 is 1.31 bits per heavy atom. The first-order valence-corrected chi connectivity index (χ1v) is 12.5. The van der Waals surface area contributed by atoms with Crippen molar-refractivity contribution in [3.8, 4) is 22.5 Å². The maximum atomic E-state index is 6.25. The van der Waals surface area contributed by atoms with E-state index in [9.17, 15) is 0 Å². The zero-order valence-corrected chi connectivity index (χ0v) is 20.8. The molecule has 0 aliphatic carbocycles. The summed E-state index contributed by atoms with van der Waals surface area (Å²) in [6, 6.07) is 31.0. The molecule has 1 aromatic heterocycles. The lowest BCUT2D eigenvalue weighted by molar-refractivity contribution is -0.353. The summed E-state index contributed by atoms with van der Waals surface area (Å²) < 4.78 is 26.5. The molecule has 0 spiro atoms. The lowest BCUT2D eigenvalue weighted by atomic mass is 10.0. The van der Waals surface area contributed by atoms with E-state index >= 15 is 0 Å². The van der Waals surface area contributed by atoms with Crippen molar-refractivity contribution in [3.63, 3.8) is 0 Å². The van der Waals surface area contributed by atoms with Crippen LogP contribution >= 0.6 is 0 Å². The van der Waals surface area contributed by atoms with Gasteiger partial charge in [0.25, 0.3) is 0 Å². The molecular weight excluding hydrogens is 452 g/mol. The lowest BCUT2D eigenvalue weighted by Gasteiger charge is -2.38. The number of ether oxygens (including phenoxy) is 4. The number of aromatic nitrogens is 2. The average Bonchev–Trinajstić information content (AvgIpc) is 3.30. The van der Waals surface area contributed by atoms with Crippen LogP contribution < -0.4 is 0 Å². The first-order chi connectivity index (χ1) is 17.7. The standard InChI is InChI=1S/C30H32N2O4/c1-3-35-30(36-4-2)21-33-29(34-22-30)28-31-26(24-16-10-6-11-17-24)27(25-18-12-7-13-19-25)32(28)20-23-14-8-5-9-15-23/h5-19,29H,3-4,20-22H2,1-2H3. The second-order valence-corrected chi connectivity index (χ2v) is 8.70. The summed E-state index contributed by atoms with van der Waals surface area (Å²) in [4.78, 5) is 5.15. The Morgan fingerprint density at radius 3 is 1.86 bits per heavy atom. The number of imidazole rings is 1. The van der Waals surface area contributed by atoms with Gasteiger partial charge in [0.2, 0.25) is 12.1 Å². The molecule has 0 amide bonds. The van der Waals surface area contributed by atoms with Crippen molar-refractivity contribution in [3.05, 3.63) is 102 Å². The molecule has 1 aliphatic heterocycles. The largest absolute Gasteiger partial charge is 0.346 e. The smallest absolute Gasteiger partial charge is 0.217 e. The third-order valence-corrected chi connectivity index (χ3v) is 6.21. The molecule has 1 aliphatic rings. The quantitative estimate of drug-likeness (QED) is 0.270. The molecule has 1 fully saturated rings. The highest BCUT2D eigenvalue weighted by Gasteiger charge is 2.41. The molecule has 4 aromatic rings. The van der Waals surface area contributed by atoms with Gasteiger partial charge in [0.15, 0.2) is 5.82 Å². The average molecular weight is 485 g/mol. The summed E-state index contributed by atoms with van der Waals surface area (Å²) in [5.41, 5.74) is 5.21. The maximum Gasteiger partial charge on any atom is 0.217 e. The molecule has 0 atom stereocenters. The summed E-state index contributed by atoms with van der Waals surface area (Å²) in [6.45, 7) is 6.06. The Kier molecular flexibility index (Phi) is 7.58. The fraction of sp³-hybridized carbons (Fsp3) is 0.300. The van der Waals surface area contributed by atoms with Gasteiger partial charge in [-0.2, -0.15) is 0 Å². The maximum absolute atomic E-state index is 6.25. The second kappa shape index (κ2) is 11.2. The Labute approximate surface area is 212 Å². The minimum absolute atomic E-state index is 0.263.